The second-order valence-corrected chi connectivity index (χ2v) is 8.87. The molecule has 3 heteroatoms. The van der Waals surface area contributed by atoms with Crippen molar-refractivity contribution >= 4 is 6.16 Å². The molecule has 0 unspecified atom stereocenters. The molecule has 1 fully saturated rings. The van der Waals surface area contributed by atoms with Crippen LogP contribution in [-0.2, 0) is 10.8 Å². The van der Waals surface area contributed by atoms with Gasteiger partial charge in [0.05, 0.1) is 0 Å². The average molecular weight is 367 g/mol. The van der Waals surface area contributed by atoms with Crippen LogP contribution in [-0.4, -0.2) is 6.16 Å². The minimum Gasteiger partial charge on any atom is -0.395 e. The van der Waals surface area contributed by atoms with Gasteiger partial charge in [0.1, 0.15) is 11.5 Å². The Morgan fingerprint density at radius 3 is 1.78 bits per heavy atom. The van der Waals surface area contributed by atoms with Crippen LogP contribution in [0.4, 0.5) is 4.79 Å². The van der Waals surface area contributed by atoms with Crippen molar-refractivity contribution in [2.45, 2.75) is 70.6 Å². The second kappa shape index (κ2) is 7.75. The lowest BCUT2D eigenvalue weighted by atomic mass is 9.71. The molecule has 0 aliphatic heterocycles. The Kier molecular flexibility index (Phi) is 5.59. The monoisotopic (exact) mass is 366 g/mol. The van der Waals surface area contributed by atoms with E-state index in [1.54, 1.807) is 12.1 Å². The summed E-state index contributed by atoms with van der Waals surface area (Å²) in [5.74, 6) is 0.994. The topological polar surface area (TPSA) is 35.5 Å². The van der Waals surface area contributed by atoms with Crippen LogP contribution >= 0.6 is 0 Å². The summed E-state index contributed by atoms with van der Waals surface area (Å²) in [5, 5.41) is 0. The van der Waals surface area contributed by atoms with Crippen molar-refractivity contribution in [3.63, 3.8) is 0 Å². The van der Waals surface area contributed by atoms with Gasteiger partial charge in [-0.2, -0.15) is 0 Å². The summed E-state index contributed by atoms with van der Waals surface area (Å²) >= 11 is 0. The Morgan fingerprint density at radius 2 is 1.30 bits per heavy atom. The van der Waals surface area contributed by atoms with Crippen LogP contribution in [0.1, 0.15) is 70.9 Å². The summed E-state index contributed by atoms with van der Waals surface area (Å²) in [6.45, 7) is 8.77. The number of carbonyl (C=O) groups is 1. The molecule has 3 nitrogen and oxygen atoms in total. The minimum atomic E-state index is -0.713. The zero-order valence-corrected chi connectivity index (χ0v) is 16.9. The molecule has 144 valence electrons. The quantitative estimate of drug-likeness (QED) is 0.443. The molecule has 0 radical (unpaired) electrons. The van der Waals surface area contributed by atoms with Gasteiger partial charge >= 0.3 is 6.16 Å². The highest BCUT2D eigenvalue weighted by Crippen LogP contribution is 2.39. The molecular weight excluding hydrogens is 336 g/mol. The van der Waals surface area contributed by atoms with Crippen LogP contribution in [0.3, 0.4) is 0 Å². The highest BCUT2D eigenvalue weighted by Gasteiger charge is 2.28. The molecule has 2 aromatic rings. The smallest absolute Gasteiger partial charge is 0.395 e. The molecule has 0 atom stereocenters. The van der Waals surface area contributed by atoms with E-state index >= 15 is 0 Å². The van der Waals surface area contributed by atoms with Crippen molar-refractivity contribution in [2.24, 2.45) is 0 Å². The van der Waals surface area contributed by atoms with Crippen molar-refractivity contribution in [3.05, 3.63) is 59.7 Å². The fraction of sp³-hybridized carbons (Fsp3) is 0.458. The van der Waals surface area contributed by atoms with Gasteiger partial charge in [-0.1, -0.05) is 71.2 Å². The Morgan fingerprint density at radius 1 is 0.815 bits per heavy atom. The summed E-state index contributed by atoms with van der Waals surface area (Å²) in [5.41, 5.74) is 2.82. The molecular formula is C24H30O3. The van der Waals surface area contributed by atoms with Crippen LogP contribution in [0.15, 0.2) is 48.5 Å². The van der Waals surface area contributed by atoms with Crippen molar-refractivity contribution < 1.29 is 14.3 Å². The van der Waals surface area contributed by atoms with E-state index in [2.05, 4.69) is 39.8 Å². The molecule has 0 amide bonds. The summed E-state index contributed by atoms with van der Waals surface area (Å²) in [6.07, 6.45) is 5.64. The fourth-order valence-electron chi connectivity index (χ4n) is 3.78. The van der Waals surface area contributed by atoms with E-state index in [1.165, 1.54) is 43.2 Å². The largest absolute Gasteiger partial charge is 0.519 e. The maximum atomic E-state index is 12.1. The first-order chi connectivity index (χ1) is 12.8. The van der Waals surface area contributed by atoms with Crippen molar-refractivity contribution in [1.82, 2.24) is 0 Å². The first kappa shape index (κ1) is 19.5. The van der Waals surface area contributed by atoms with Gasteiger partial charge in [-0.25, -0.2) is 4.79 Å². The summed E-state index contributed by atoms with van der Waals surface area (Å²) in [4.78, 5) is 12.1. The highest BCUT2D eigenvalue weighted by molar-refractivity contribution is 5.67. The summed E-state index contributed by atoms with van der Waals surface area (Å²) in [6, 6.07) is 15.4. The molecule has 1 saturated carbocycles. The molecule has 0 spiro atoms. The molecule has 3 rings (SSSR count). The molecule has 0 saturated heterocycles. The van der Waals surface area contributed by atoms with Crippen molar-refractivity contribution in [1.29, 1.82) is 0 Å². The first-order valence-corrected chi connectivity index (χ1v) is 9.87. The normalized spacial score (nSPS) is 16.6. The second-order valence-electron chi connectivity index (χ2n) is 8.87. The van der Waals surface area contributed by atoms with Crippen LogP contribution in [0.2, 0.25) is 0 Å². The van der Waals surface area contributed by atoms with Gasteiger partial charge in [-0.3, -0.25) is 0 Å². The van der Waals surface area contributed by atoms with Crippen LogP contribution < -0.4 is 9.47 Å². The number of hydrogen-bond acceptors (Lipinski definition) is 3. The van der Waals surface area contributed by atoms with E-state index in [0.29, 0.717) is 11.5 Å². The Balaban J connectivity index is 1.59. The molecule has 1 aliphatic rings. The van der Waals surface area contributed by atoms with Gasteiger partial charge in [-0.15, -0.1) is 0 Å². The van der Waals surface area contributed by atoms with E-state index in [9.17, 15) is 4.79 Å². The minimum absolute atomic E-state index is 0.0652. The van der Waals surface area contributed by atoms with E-state index in [4.69, 9.17) is 9.47 Å². The van der Waals surface area contributed by atoms with E-state index < -0.39 is 6.16 Å². The van der Waals surface area contributed by atoms with Gasteiger partial charge in [0.25, 0.3) is 0 Å². The predicted molar refractivity (Wildman–Crippen MR) is 109 cm³/mol. The Bertz CT molecular complexity index is 761. The SMILES string of the molecule is CC(C)(C)c1ccc(OC(=O)Oc2ccc(C3(C)CCCCC3)cc2)cc1. The molecule has 1 aliphatic carbocycles. The van der Waals surface area contributed by atoms with E-state index in [0.717, 1.165) is 0 Å². The maximum absolute atomic E-state index is 12.1. The molecule has 0 N–H and O–H groups in total. The van der Waals surface area contributed by atoms with Gasteiger partial charge in [0, 0.05) is 0 Å². The lowest BCUT2D eigenvalue weighted by Crippen LogP contribution is -2.24. The third-order valence-corrected chi connectivity index (χ3v) is 5.63. The van der Waals surface area contributed by atoms with E-state index in [1.807, 2.05) is 24.3 Å². The molecule has 0 bridgehead atoms. The lowest BCUT2D eigenvalue weighted by Gasteiger charge is -2.34. The van der Waals surface area contributed by atoms with Gasteiger partial charge in [0.15, 0.2) is 0 Å². The van der Waals surface area contributed by atoms with Crippen LogP contribution in [0.5, 0.6) is 11.5 Å². The molecule has 0 heterocycles. The third kappa shape index (κ3) is 4.91. The first-order valence-electron chi connectivity index (χ1n) is 9.87. The zero-order valence-electron chi connectivity index (χ0n) is 16.9. The number of carbonyl (C=O) groups excluding carboxylic acids is 1. The summed E-state index contributed by atoms with van der Waals surface area (Å²) in [7, 11) is 0. The zero-order chi connectivity index (χ0) is 19.5. The standard InChI is InChI=1S/C24H30O3/c1-23(2,3)18-8-12-20(13-9-18)26-22(25)27-21-14-10-19(11-15-21)24(4)16-6-5-7-17-24/h8-15H,5-7,16-17H2,1-4H3. The number of rotatable bonds is 3. The van der Waals surface area contributed by atoms with Gasteiger partial charge in [0.2, 0.25) is 0 Å². The van der Waals surface area contributed by atoms with Crippen LogP contribution in [0, 0.1) is 0 Å². The van der Waals surface area contributed by atoms with Crippen LogP contribution in [0.25, 0.3) is 0 Å². The van der Waals surface area contributed by atoms with Gasteiger partial charge < -0.3 is 9.47 Å². The number of benzene rings is 2. The molecule has 0 aromatic heterocycles. The fourth-order valence-corrected chi connectivity index (χ4v) is 3.78. The Labute approximate surface area is 162 Å². The Hall–Kier alpha value is -2.29. The maximum Gasteiger partial charge on any atom is 0.519 e. The average Bonchev–Trinajstić information content (AvgIpc) is 2.62. The predicted octanol–water partition coefficient (Wildman–Crippen LogP) is 6.78. The summed E-state index contributed by atoms with van der Waals surface area (Å²) < 4.78 is 10.6. The number of hydrogen-bond donors (Lipinski definition) is 0. The lowest BCUT2D eigenvalue weighted by molar-refractivity contribution is 0.152. The third-order valence-electron chi connectivity index (χ3n) is 5.63. The number of ether oxygens (including phenoxy) is 2. The van der Waals surface area contributed by atoms with Crippen molar-refractivity contribution in [2.75, 3.05) is 0 Å². The van der Waals surface area contributed by atoms with E-state index in [-0.39, 0.29) is 10.8 Å². The highest BCUT2D eigenvalue weighted by atomic mass is 16.7. The molecule has 2 aromatic carbocycles. The van der Waals surface area contributed by atoms with Gasteiger partial charge in [-0.05, 0) is 59.1 Å². The van der Waals surface area contributed by atoms with Crippen molar-refractivity contribution in [3.8, 4) is 11.5 Å². The molecule has 27 heavy (non-hydrogen) atoms.